The molecule has 1 N–H and O–H groups in total. The van der Waals surface area contributed by atoms with Crippen LogP contribution in [0.2, 0.25) is 0 Å². The van der Waals surface area contributed by atoms with Crippen LogP contribution in [0.1, 0.15) is 24.5 Å². The van der Waals surface area contributed by atoms with E-state index in [0.29, 0.717) is 6.54 Å². The van der Waals surface area contributed by atoms with Crippen molar-refractivity contribution < 1.29 is 8.78 Å². The standard InChI is InChI=1S/C14H17F2N3/c1-11(9-19-7-6-17-10-19)18-8-12-2-4-13(5-3-12)14(15)16/h2-7,10-11,14,18H,8-9H2,1H3. The largest absolute Gasteiger partial charge is 0.336 e. The van der Waals surface area contributed by atoms with Gasteiger partial charge in [0.15, 0.2) is 0 Å². The molecule has 0 amide bonds. The van der Waals surface area contributed by atoms with Crippen molar-refractivity contribution in [3.05, 3.63) is 54.1 Å². The zero-order valence-electron chi connectivity index (χ0n) is 10.8. The number of hydrogen-bond acceptors (Lipinski definition) is 2. The van der Waals surface area contributed by atoms with Crippen LogP contribution < -0.4 is 5.32 Å². The summed E-state index contributed by atoms with van der Waals surface area (Å²) in [4.78, 5) is 3.98. The topological polar surface area (TPSA) is 29.9 Å². The third-order valence-corrected chi connectivity index (χ3v) is 2.93. The summed E-state index contributed by atoms with van der Waals surface area (Å²) in [6.45, 7) is 3.57. The predicted molar refractivity (Wildman–Crippen MR) is 69.9 cm³/mol. The molecule has 1 aromatic carbocycles. The van der Waals surface area contributed by atoms with E-state index in [2.05, 4.69) is 17.2 Å². The smallest absolute Gasteiger partial charge is 0.263 e. The minimum Gasteiger partial charge on any atom is -0.336 e. The van der Waals surface area contributed by atoms with Crippen LogP contribution in [0.3, 0.4) is 0 Å². The maximum atomic E-state index is 12.4. The second-order valence-corrected chi connectivity index (χ2v) is 4.58. The van der Waals surface area contributed by atoms with Gasteiger partial charge in [-0.25, -0.2) is 13.8 Å². The van der Waals surface area contributed by atoms with Crippen LogP contribution in [0.5, 0.6) is 0 Å². The van der Waals surface area contributed by atoms with Gasteiger partial charge in [-0.3, -0.25) is 0 Å². The molecule has 0 fully saturated rings. The van der Waals surface area contributed by atoms with Crippen LogP contribution in [-0.4, -0.2) is 15.6 Å². The lowest BCUT2D eigenvalue weighted by Gasteiger charge is -2.14. The van der Waals surface area contributed by atoms with E-state index >= 15 is 0 Å². The molecular weight excluding hydrogens is 248 g/mol. The number of benzene rings is 1. The predicted octanol–water partition coefficient (Wildman–Crippen LogP) is 3.00. The summed E-state index contributed by atoms with van der Waals surface area (Å²) < 4.78 is 26.8. The zero-order valence-corrected chi connectivity index (χ0v) is 10.8. The first-order chi connectivity index (χ1) is 9.15. The fraction of sp³-hybridized carbons (Fsp3) is 0.357. The highest BCUT2D eigenvalue weighted by molar-refractivity contribution is 5.23. The van der Waals surface area contributed by atoms with E-state index in [9.17, 15) is 8.78 Å². The Labute approximate surface area is 111 Å². The minimum atomic E-state index is -2.40. The van der Waals surface area contributed by atoms with Crippen molar-refractivity contribution in [2.45, 2.75) is 32.5 Å². The quantitative estimate of drug-likeness (QED) is 0.870. The van der Waals surface area contributed by atoms with Gasteiger partial charge in [0.05, 0.1) is 6.33 Å². The fourth-order valence-corrected chi connectivity index (χ4v) is 1.85. The summed E-state index contributed by atoms with van der Waals surface area (Å²) in [6, 6.07) is 6.70. The van der Waals surface area contributed by atoms with E-state index < -0.39 is 6.43 Å². The number of rotatable bonds is 6. The number of nitrogens with zero attached hydrogens (tertiary/aromatic N) is 2. The Bertz CT molecular complexity index is 480. The summed E-state index contributed by atoms with van der Waals surface area (Å²) in [5.74, 6) is 0. The second-order valence-electron chi connectivity index (χ2n) is 4.58. The molecule has 1 heterocycles. The molecular formula is C14H17F2N3. The van der Waals surface area contributed by atoms with E-state index in [4.69, 9.17) is 0 Å². The van der Waals surface area contributed by atoms with Crippen molar-refractivity contribution >= 4 is 0 Å². The lowest BCUT2D eigenvalue weighted by atomic mass is 10.1. The SMILES string of the molecule is CC(Cn1ccnc1)NCc1ccc(C(F)F)cc1. The van der Waals surface area contributed by atoms with Crippen LogP contribution in [0.15, 0.2) is 43.0 Å². The van der Waals surface area contributed by atoms with Crippen molar-refractivity contribution in [2.75, 3.05) is 0 Å². The van der Waals surface area contributed by atoms with Crippen molar-refractivity contribution in [3.63, 3.8) is 0 Å². The van der Waals surface area contributed by atoms with Gasteiger partial charge < -0.3 is 9.88 Å². The molecule has 2 aromatic rings. The Kier molecular flexibility index (Phi) is 4.63. The molecule has 2 rings (SSSR count). The number of halogens is 2. The maximum absolute atomic E-state index is 12.4. The maximum Gasteiger partial charge on any atom is 0.263 e. The minimum absolute atomic E-state index is 0.0650. The molecule has 1 aromatic heterocycles. The first-order valence-corrected chi connectivity index (χ1v) is 6.21. The molecule has 0 saturated carbocycles. The van der Waals surface area contributed by atoms with Crippen LogP contribution in [-0.2, 0) is 13.1 Å². The van der Waals surface area contributed by atoms with Gasteiger partial charge in [-0.2, -0.15) is 0 Å². The second kappa shape index (κ2) is 6.43. The van der Waals surface area contributed by atoms with Crippen LogP contribution >= 0.6 is 0 Å². The van der Waals surface area contributed by atoms with Crippen LogP contribution in [0.25, 0.3) is 0 Å². The molecule has 0 spiro atoms. The van der Waals surface area contributed by atoms with Crippen molar-refractivity contribution in [1.82, 2.24) is 14.9 Å². The summed E-state index contributed by atoms with van der Waals surface area (Å²) >= 11 is 0. The first-order valence-electron chi connectivity index (χ1n) is 6.21. The van der Waals surface area contributed by atoms with Crippen molar-refractivity contribution in [3.8, 4) is 0 Å². The van der Waals surface area contributed by atoms with Gasteiger partial charge in [0.25, 0.3) is 6.43 Å². The van der Waals surface area contributed by atoms with Crippen molar-refractivity contribution in [2.24, 2.45) is 0 Å². The fourth-order valence-electron chi connectivity index (χ4n) is 1.85. The average molecular weight is 265 g/mol. The monoisotopic (exact) mass is 265 g/mol. The zero-order chi connectivity index (χ0) is 13.7. The highest BCUT2D eigenvalue weighted by atomic mass is 19.3. The number of alkyl halides is 2. The number of aromatic nitrogens is 2. The van der Waals surface area contributed by atoms with Crippen molar-refractivity contribution in [1.29, 1.82) is 0 Å². The lowest BCUT2D eigenvalue weighted by Crippen LogP contribution is -2.29. The highest BCUT2D eigenvalue weighted by Crippen LogP contribution is 2.18. The summed E-state index contributed by atoms with van der Waals surface area (Å²) in [5.41, 5.74) is 1.07. The third-order valence-electron chi connectivity index (χ3n) is 2.93. The Morgan fingerprint density at radius 2 is 2.00 bits per heavy atom. The molecule has 5 heteroatoms. The van der Waals surface area contributed by atoms with Gasteiger partial charge in [0.2, 0.25) is 0 Å². The molecule has 1 atom stereocenters. The molecule has 3 nitrogen and oxygen atoms in total. The van der Waals surface area contributed by atoms with E-state index in [-0.39, 0.29) is 11.6 Å². The molecule has 0 aliphatic heterocycles. The van der Waals surface area contributed by atoms with Gasteiger partial charge >= 0.3 is 0 Å². The Hall–Kier alpha value is -1.75. The Balaban J connectivity index is 1.81. The number of nitrogens with one attached hydrogen (secondary N) is 1. The van der Waals surface area contributed by atoms with Gasteiger partial charge in [0.1, 0.15) is 0 Å². The summed E-state index contributed by atoms with van der Waals surface area (Å²) in [5, 5.41) is 3.35. The normalized spacial score (nSPS) is 12.8. The molecule has 1 unspecified atom stereocenters. The highest BCUT2D eigenvalue weighted by Gasteiger charge is 2.06. The summed E-state index contributed by atoms with van der Waals surface area (Å²) in [7, 11) is 0. The third kappa shape index (κ3) is 4.13. The molecule has 0 saturated heterocycles. The van der Waals surface area contributed by atoms with Gasteiger partial charge in [-0.15, -0.1) is 0 Å². The first kappa shape index (κ1) is 13.7. The number of imidazole rings is 1. The molecule has 102 valence electrons. The van der Waals surface area contributed by atoms with Crippen LogP contribution in [0.4, 0.5) is 8.78 Å². The number of hydrogen-bond donors (Lipinski definition) is 1. The molecule has 0 bridgehead atoms. The van der Waals surface area contributed by atoms with Gasteiger partial charge in [0, 0.05) is 37.1 Å². The van der Waals surface area contributed by atoms with E-state index in [0.717, 1.165) is 12.1 Å². The molecule has 0 aliphatic carbocycles. The lowest BCUT2D eigenvalue weighted by molar-refractivity contribution is 0.151. The van der Waals surface area contributed by atoms with Gasteiger partial charge in [-0.1, -0.05) is 24.3 Å². The van der Waals surface area contributed by atoms with E-state index in [1.54, 1.807) is 24.7 Å². The van der Waals surface area contributed by atoms with E-state index in [1.807, 2.05) is 10.8 Å². The van der Waals surface area contributed by atoms with Gasteiger partial charge in [-0.05, 0) is 12.5 Å². The Morgan fingerprint density at radius 1 is 1.26 bits per heavy atom. The van der Waals surface area contributed by atoms with Crippen LogP contribution in [0, 0.1) is 0 Å². The Morgan fingerprint density at radius 3 is 2.58 bits per heavy atom. The summed E-state index contributed by atoms with van der Waals surface area (Å²) in [6.07, 6.45) is 3.03. The average Bonchev–Trinajstić information content (AvgIpc) is 2.89. The van der Waals surface area contributed by atoms with E-state index in [1.165, 1.54) is 12.1 Å². The molecule has 19 heavy (non-hydrogen) atoms. The molecule has 0 aliphatic rings. The molecule has 0 radical (unpaired) electrons.